The zero-order valence-electron chi connectivity index (χ0n) is 16.1. The Kier molecular flexibility index (Phi) is 6.56. The predicted octanol–water partition coefficient (Wildman–Crippen LogP) is 2.99. The molecule has 3 N–H and O–H groups in total. The summed E-state index contributed by atoms with van der Waals surface area (Å²) in [7, 11) is 1.63. The van der Waals surface area contributed by atoms with E-state index < -0.39 is 11.9 Å². The van der Waals surface area contributed by atoms with Crippen LogP contribution in [0.3, 0.4) is 0 Å². The number of amides is 3. The molecule has 1 heterocycles. The summed E-state index contributed by atoms with van der Waals surface area (Å²) in [5.41, 5.74) is 5.95. The van der Waals surface area contributed by atoms with Crippen LogP contribution in [0.15, 0.2) is 29.4 Å². The number of rotatable bonds is 6. The quantitative estimate of drug-likeness (QED) is 0.717. The summed E-state index contributed by atoms with van der Waals surface area (Å²) < 4.78 is 7.39. The minimum Gasteiger partial charge on any atom is -0.497 e. The Morgan fingerprint density at radius 3 is 2.61 bits per heavy atom. The summed E-state index contributed by atoms with van der Waals surface area (Å²) in [5, 5.41) is 11.5. The van der Waals surface area contributed by atoms with Crippen molar-refractivity contribution in [3.8, 4) is 17.1 Å². The van der Waals surface area contributed by atoms with Crippen molar-refractivity contribution in [2.75, 3.05) is 12.9 Å². The van der Waals surface area contributed by atoms with Gasteiger partial charge < -0.3 is 10.5 Å². The third kappa shape index (κ3) is 4.64. The lowest BCUT2D eigenvalue weighted by atomic mass is 9.85. The number of ether oxygens (including phenoxy) is 1. The summed E-state index contributed by atoms with van der Waals surface area (Å²) in [6.07, 6.45) is 4.57. The number of methoxy groups -OCH3 is 1. The fourth-order valence-corrected chi connectivity index (χ4v) is 4.39. The van der Waals surface area contributed by atoms with Crippen molar-refractivity contribution in [2.24, 2.45) is 11.7 Å². The monoisotopic (exact) mass is 403 g/mol. The van der Waals surface area contributed by atoms with Gasteiger partial charge in [0.1, 0.15) is 5.75 Å². The number of thioether (sulfide) groups is 1. The number of aromatic nitrogens is 3. The molecule has 0 aliphatic heterocycles. The first-order chi connectivity index (χ1) is 13.5. The molecule has 0 radical (unpaired) electrons. The van der Waals surface area contributed by atoms with Gasteiger partial charge in [-0.25, -0.2) is 4.79 Å². The third-order valence-electron chi connectivity index (χ3n) is 5.01. The van der Waals surface area contributed by atoms with Crippen molar-refractivity contribution >= 4 is 23.7 Å². The number of nitrogens with one attached hydrogen (secondary N) is 1. The van der Waals surface area contributed by atoms with Gasteiger partial charge in [-0.1, -0.05) is 31.5 Å². The van der Waals surface area contributed by atoms with Crippen molar-refractivity contribution < 1.29 is 14.3 Å². The van der Waals surface area contributed by atoms with E-state index in [-0.39, 0.29) is 11.8 Å². The Morgan fingerprint density at radius 2 is 1.96 bits per heavy atom. The van der Waals surface area contributed by atoms with Crippen LogP contribution >= 0.6 is 11.8 Å². The van der Waals surface area contributed by atoms with Crippen LogP contribution in [0.1, 0.15) is 38.6 Å². The minimum absolute atomic E-state index is 0.0464. The van der Waals surface area contributed by atoms with E-state index in [2.05, 4.69) is 27.0 Å². The van der Waals surface area contributed by atoms with Crippen LogP contribution in [-0.2, 0) is 4.79 Å². The van der Waals surface area contributed by atoms with Crippen LogP contribution in [0, 0.1) is 5.92 Å². The fraction of sp³-hybridized carbons (Fsp3) is 0.474. The van der Waals surface area contributed by atoms with Gasteiger partial charge >= 0.3 is 6.03 Å². The summed E-state index contributed by atoms with van der Waals surface area (Å²) in [6.45, 7) is 2.25. The molecule has 1 aliphatic carbocycles. The Morgan fingerprint density at radius 1 is 1.25 bits per heavy atom. The van der Waals surface area contributed by atoms with E-state index in [0.29, 0.717) is 11.1 Å². The molecule has 9 heteroatoms. The standard InChI is InChI=1S/C19H25N5O3S/c1-12-5-3-4-6-15(12)24-17(13-7-9-14(27-2)10-8-13)22-23-19(24)28-11-16(25)21-18(20)26/h7-10,12,15H,3-6,11H2,1-2H3,(H3,20,21,25,26). The Balaban J connectivity index is 1.91. The molecule has 1 aromatic heterocycles. The molecule has 28 heavy (non-hydrogen) atoms. The summed E-state index contributed by atoms with van der Waals surface area (Å²) in [5.74, 6) is 1.64. The van der Waals surface area contributed by atoms with Gasteiger partial charge in [0.2, 0.25) is 5.91 Å². The maximum Gasteiger partial charge on any atom is 0.318 e. The van der Waals surface area contributed by atoms with Crippen LogP contribution < -0.4 is 15.8 Å². The number of nitrogens with zero attached hydrogens (tertiary/aromatic N) is 3. The van der Waals surface area contributed by atoms with Gasteiger partial charge in [0.05, 0.1) is 12.9 Å². The molecule has 2 atom stereocenters. The first-order valence-electron chi connectivity index (χ1n) is 9.31. The van der Waals surface area contributed by atoms with Crippen LogP contribution in [0.5, 0.6) is 5.75 Å². The molecular formula is C19H25N5O3S. The van der Waals surface area contributed by atoms with Gasteiger partial charge in [0, 0.05) is 11.6 Å². The smallest absolute Gasteiger partial charge is 0.318 e. The van der Waals surface area contributed by atoms with Crippen molar-refractivity contribution in [3.05, 3.63) is 24.3 Å². The molecular weight excluding hydrogens is 378 g/mol. The fourth-order valence-electron chi connectivity index (χ4n) is 3.60. The second-order valence-electron chi connectivity index (χ2n) is 6.93. The highest BCUT2D eigenvalue weighted by Crippen LogP contribution is 2.39. The van der Waals surface area contributed by atoms with Crippen LogP contribution in [-0.4, -0.2) is 39.6 Å². The normalized spacial score (nSPS) is 19.2. The van der Waals surface area contributed by atoms with Gasteiger partial charge in [0.15, 0.2) is 11.0 Å². The molecule has 0 saturated heterocycles. The first kappa shape index (κ1) is 20.2. The zero-order valence-corrected chi connectivity index (χ0v) is 16.9. The minimum atomic E-state index is -0.855. The molecule has 1 fully saturated rings. The second-order valence-corrected chi connectivity index (χ2v) is 7.88. The van der Waals surface area contributed by atoms with Crippen molar-refractivity contribution in [2.45, 2.75) is 43.8 Å². The lowest BCUT2D eigenvalue weighted by molar-refractivity contribution is -0.117. The van der Waals surface area contributed by atoms with E-state index in [1.807, 2.05) is 24.3 Å². The number of hydrogen-bond donors (Lipinski definition) is 2. The van der Waals surface area contributed by atoms with Crippen LogP contribution in [0.25, 0.3) is 11.4 Å². The highest BCUT2D eigenvalue weighted by atomic mass is 32.2. The molecule has 1 aromatic carbocycles. The SMILES string of the molecule is COc1ccc(-c2nnc(SCC(=O)NC(N)=O)n2C2CCCCC2C)cc1. The maximum absolute atomic E-state index is 11.8. The van der Waals surface area contributed by atoms with E-state index in [4.69, 9.17) is 10.5 Å². The van der Waals surface area contributed by atoms with Crippen molar-refractivity contribution in [3.63, 3.8) is 0 Å². The zero-order chi connectivity index (χ0) is 20.1. The highest BCUT2D eigenvalue weighted by molar-refractivity contribution is 7.99. The molecule has 0 bridgehead atoms. The molecule has 8 nitrogen and oxygen atoms in total. The second kappa shape index (κ2) is 9.09. The molecule has 150 valence electrons. The Labute approximate surface area is 168 Å². The van der Waals surface area contributed by atoms with Crippen molar-refractivity contribution in [1.29, 1.82) is 0 Å². The van der Waals surface area contributed by atoms with Gasteiger partial charge in [-0.3, -0.25) is 14.7 Å². The maximum atomic E-state index is 11.8. The van der Waals surface area contributed by atoms with E-state index >= 15 is 0 Å². The third-order valence-corrected chi connectivity index (χ3v) is 5.95. The largest absolute Gasteiger partial charge is 0.497 e. The topological polar surface area (TPSA) is 112 Å². The number of carbonyl (C=O) groups is 2. The van der Waals surface area contributed by atoms with Gasteiger partial charge in [-0.15, -0.1) is 10.2 Å². The highest BCUT2D eigenvalue weighted by Gasteiger charge is 2.29. The Hall–Kier alpha value is -2.55. The molecule has 1 aliphatic rings. The lowest BCUT2D eigenvalue weighted by Crippen LogP contribution is -2.36. The number of hydrogen-bond acceptors (Lipinski definition) is 6. The van der Waals surface area contributed by atoms with Crippen LogP contribution in [0.4, 0.5) is 4.79 Å². The van der Waals surface area contributed by atoms with E-state index in [9.17, 15) is 9.59 Å². The molecule has 0 spiro atoms. The molecule has 3 rings (SSSR count). The lowest BCUT2D eigenvalue weighted by Gasteiger charge is -2.31. The van der Waals surface area contributed by atoms with E-state index in [1.165, 1.54) is 18.2 Å². The number of nitrogens with two attached hydrogens (primary N) is 1. The number of primary amides is 1. The average Bonchev–Trinajstić information content (AvgIpc) is 3.10. The molecule has 3 amide bonds. The Bertz CT molecular complexity index is 837. The van der Waals surface area contributed by atoms with E-state index in [0.717, 1.165) is 36.4 Å². The molecule has 2 aromatic rings. The van der Waals surface area contributed by atoms with Gasteiger partial charge in [-0.05, 0) is 43.0 Å². The number of urea groups is 1. The first-order valence-corrected chi connectivity index (χ1v) is 10.3. The number of imide groups is 1. The summed E-state index contributed by atoms with van der Waals surface area (Å²) in [6, 6.07) is 7.12. The van der Waals surface area contributed by atoms with Crippen LogP contribution in [0.2, 0.25) is 0 Å². The number of carbonyl (C=O) groups excluding carboxylic acids is 2. The summed E-state index contributed by atoms with van der Waals surface area (Å²) >= 11 is 1.26. The average molecular weight is 404 g/mol. The van der Waals surface area contributed by atoms with E-state index in [1.54, 1.807) is 7.11 Å². The van der Waals surface area contributed by atoms with Crippen molar-refractivity contribution in [1.82, 2.24) is 20.1 Å². The molecule has 2 unspecified atom stereocenters. The predicted molar refractivity (Wildman–Crippen MR) is 107 cm³/mol. The number of benzene rings is 1. The van der Waals surface area contributed by atoms with Gasteiger partial charge in [0.25, 0.3) is 0 Å². The molecule has 1 saturated carbocycles. The van der Waals surface area contributed by atoms with Gasteiger partial charge in [-0.2, -0.15) is 0 Å². The summed E-state index contributed by atoms with van der Waals surface area (Å²) in [4.78, 5) is 22.7.